The summed E-state index contributed by atoms with van der Waals surface area (Å²) in [5.74, 6) is 0.522. The number of hydrogen-bond acceptors (Lipinski definition) is 3. The molecule has 0 aliphatic heterocycles. The Labute approximate surface area is 85.1 Å². The van der Waals surface area contributed by atoms with Crippen LogP contribution in [0.5, 0.6) is 0 Å². The Morgan fingerprint density at radius 2 is 2.21 bits per heavy atom. The zero-order valence-electron chi connectivity index (χ0n) is 8.91. The third-order valence-corrected chi connectivity index (χ3v) is 2.33. The van der Waals surface area contributed by atoms with E-state index in [-0.39, 0.29) is 5.97 Å². The molecule has 80 valence electrons. The molecule has 14 heavy (non-hydrogen) atoms. The molecule has 0 unspecified atom stereocenters. The van der Waals surface area contributed by atoms with E-state index in [4.69, 9.17) is 4.74 Å². The molecule has 0 spiro atoms. The molecular weight excluding hydrogens is 180 g/mol. The van der Waals surface area contributed by atoms with Crippen molar-refractivity contribution in [3.63, 3.8) is 0 Å². The second-order valence-corrected chi connectivity index (χ2v) is 3.56. The smallest absolute Gasteiger partial charge is 0.333 e. The van der Waals surface area contributed by atoms with Gasteiger partial charge in [0.05, 0.1) is 13.7 Å². The van der Waals surface area contributed by atoms with Gasteiger partial charge in [-0.05, 0) is 31.3 Å². The van der Waals surface area contributed by atoms with Gasteiger partial charge in [-0.2, -0.15) is 0 Å². The van der Waals surface area contributed by atoms with E-state index >= 15 is 0 Å². The Balaban J connectivity index is 2.20. The van der Waals surface area contributed by atoms with Crippen LogP contribution >= 0.6 is 0 Å². The van der Waals surface area contributed by atoms with E-state index in [0.717, 1.165) is 12.5 Å². The zero-order chi connectivity index (χ0) is 10.4. The molecule has 0 aromatic carbocycles. The van der Waals surface area contributed by atoms with Crippen molar-refractivity contribution >= 4 is 5.97 Å². The fourth-order valence-electron chi connectivity index (χ4n) is 1.18. The fourth-order valence-corrected chi connectivity index (χ4v) is 1.18. The van der Waals surface area contributed by atoms with Gasteiger partial charge in [0.15, 0.2) is 0 Å². The number of ether oxygens (including phenoxy) is 2. The number of methoxy groups -OCH3 is 1. The van der Waals surface area contributed by atoms with Crippen molar-refractivity contribution in [2.45, 2.75) is 26.2 Å². The van der Waals surface area contributed by atoms with Crippen LogP contribution in [0.1, 0.15) is 26.2 Å². The van der Waals surface area contributed by atoms with E-state index in [1.165, 1.54) is 20.0 Å². The molecule has 0 aromatic heterocycles. The Morgan fingerprint density at radius 1 is 1.50 bits per heavy atom. The Hall–Kier alpha value is -0.830. The highest BCUT2D eigenvalue weighted by molar-refractivity contribution is 5.88. The topological polar surface area (TPSA) is 35.5 Å². The molecule has 1 aliphatic carbocycles. The van der Waals surface area contributed by atoms with Gasteiger partial charge in [-0.3, -0.25) is 0 Å². The summed E-state index contributed by atoms with van der Waals surface area (Å²) in [7, 11) is 1.40. The molecule has 0 amide bonds. The maximum absolute atomic E-state index is 11.1. The molecule has 3 heteroatoms. The van der Waals surface area contributed by atoms with Crippen molar-refractivity contribution < 1.29 is 14.3 Å². The maximum atomic E-state index is 11.1. The molecule has 1 fully saturated rings. The lowest BCUT2D eigenvalue weighted by atomic mass is 10.2. The van der Waals surface area contributed by atoms with E-state index < -0.39 is 0 Å². The maximum Gasteiger partial charge on any atom is 0.333 e. The average Bonchev–Trinajstić information content (AvgIpc) is 3.01. The molecule has 0 radical (unpaired) electrons. The molecule has 0 saturated heterocycles. The summed E-state index contributed by atoms with van der Waals surface area (Å²) in [4.78, 5) is 11.1. The van der Waals surface area contributed by atoms with Crippen LogP contribution in [0.25, 0.3) is 0 Å². The van der Waals surface area contributed by atoms with Gasteiger partial charge in [0.2, 0.25) is 0 Å². The van der Waals surface area contributed by atoms with E-state index in [1.807, 2.05) is 13.0 Å². The van der Waals surface area contributed by atoms with Crippen LogP contribution in [0.2, 0.25) is 0 Å². The van der Waals surface area contributed by atoms with Crippen LogP contribution in [0.15, 0.2) is 11.6 Å². The van der Waals surface area contributed by atoms with Gasteiger partial charge < -0.3 is 9.47 Å². The SMILES string of the molecule is CCC(=CCOCC1CC1)C(=O)OC. The number of carbonyl (C=O) groups excluding carboxylic acids is 1. The Kier molecular flexibility index (Phi) is 4.66. The third kappa shape index (κ3) is 3.92. The molecule has 1 saturated carbocycles. The number of hydrogen-bond donors (Lipinski definition) is 0. The summed E-state index contributed by atoms with van der Waals surface area (Å²) in [6.45, 7) is 3.28. The standard InChI is InChI=1S/C11H18O3/c1-3-10(11(12)13-2)6-7-14-8-9-4-5-9/h6,9H,3-5,7-8H2,1-2H3. The summed E-state index contributed by atoms with van der Waals surface area (Å²) in [6.07, 6.45) is 5.09. The van der Waals surface area contributed by atoms with Gasteiger partial charge >= 0.3 is 5.97 Å². The largest absolute Gasteiger partial charge is 0.466 e. The number of rotatable bonds is 6. The van der Waals surface area contributed by atoms with Gasteiger partial charge in [-0.1, -0.05) is 6.92 Å². The van der Waals surface area contributed by atoms with Crippen LogP contribution < -0.4 is 0 Å². The second kappa shape index (κ2) is 5.81. The zero-order valence-corrected chi connectivity index (χ0v) is 8.91. The highest BCUT2D eigenvalue weighted by atomic mass is 16.5. The summed E-state index contributed by atoms with van der Waals surface area (Å²) >= 11 is 0. The average molecular weight is 198 g/mol. The van der Waals surface area contributed by atoms with E-state index in [9.17, 15) is 4.79 Å². The Morgan fingerprint density at radius 3 is 2.71 bits per heavy atom. The van der Waals surface area contributed by atoms with Gasteiger partial charge in [-0.25, -0.2) is 4.79 Å². The van der Waals surface area contributed by atoms with Crippen molar-refractivity contribution in [3.8, 4) is 0 Å². The summed E-state index contributed by atoms with van der Waals surface area (Å²) in [6, 6.07) is 0. The van der Waals surface area contributed by atoms with Crippen LogP contribution in [0.4, 0.5) is 0 Å². The molecule has 0 heterocycles. The second-order valence-electron chi connectivity index (χ2n) is 3.56. The lowest BCUT2D eigenvalue weighted by Crippen LogP contribution is -2.06. The first-order valence-electron chi connectivity index (χ1n) is 5.13. The minimum atomic E-state index is -0.248. The fraction of sp³-hybridized carbons (Fsp3) is 0.727. The van der Waals surface area contributed by atoms with Crippen LogP contribution in [-0.2, 0) is 14.3 Å². The van der Waals surface area contributed by atoms with Crippen LogP contribution in [0, 0.1) is 5.92 Å². The molecule has 1 aliphatic rings. The van der Waals surface area contributed by atoms with E-state index in [1.54, 1.807) is 0 Å². The van der Waals surface area contributed by atoms with Gasteiger partial charge in [0.1, 0.15) is 0 Å². The monoisotopic (exact) mass is 198 g/mol. The first kappa shape index (κ1) is 11.2. The normalized spacial score (nSPS) is 16.9. The highest BCUT2D eigenvalue weighted by Gasteiger charge is 2.20. The van der Waals surface area contributed by atoms with Gasteiger partial charge in [-0.15, -0.1) is 0 Å². The quantitative estimate of drug-likeness (QED) is 0.371. The summed E-state index contributed by atoms with van der Waals surface area (Å²) < 4.78 is 10.0. The summed E-state index contributed by atoms with van der Waals surface area (Å²) in [5.41, 5.74) is 0.697. The van der Waals surface area contributed by atoms with Crippen molar-refractivity contribution in [2.24, 2.45) is 5.92 Å². The highest BCUT2D eigenvalue weighted by Crippen LogP contribution is 2.28. The molecule has 3 nitrogen and oxygen atoms in total. The van der Waals surface area contributed by atoms with Gasteiger partial charge in [0, 0.05) is 12.2 Å². The van der Waals surface area contributed by atoms with Crippen molar-refractivity contribution in [1.82, 2.24) is 0 Å². The van der Waals surface area contributed by atoms with E-state index in [0.29, 0.717) is 18.6 Å². The van der Waals surface area contributed by atoms with Crippen molar-refractivity contribution in [2.75, 3.05) is 20.3 Å². The minimum absolute atomic E-state index is 0.248. The van der Waals surface area contributed by atoms with Crippen molar-refractivity contribution in [3.05, 3.63) is 11.6 Å². The Bertz CT molecular complexity index is 217. The summed E-state index contributed by atoms with van der Waals surface area (Å²) in [5, 5.41) is 0. The molecule has 0 N–H and O–H groups in total. The van der Waals surface area contributed by atoms with Crippen LogP contribution in [0.3, 0.4) is 0 Å². The first-order valence-corrected chi connectivity index (χ1v) is 5.13. The van der Waals surface area contributed by atoms with E-state index in [2.05, 4.69) is 4.74 Å². The van der Waals surface area contributed by atoms with Crippen molar-refractivity contribution in [1.29, 1.82) is 0 Å². The first-order chi connectivity index (χ1) is 6.77. The minimum Gasteiger partial charge on any atom is -0.466 e. The molecule has 0 bridgehead atoms. The molecule has 0 atom stereocenters. The predicted octanol–water partition coefficient (Wildman–Crippen LogP) is 1.92. The molecule has 0 aromatic rings. The number of esters is 1. The van der Waals surface area contributed by atoms with Gasteiger partial charge in [0.25, 0.3) is 0 Å². The molecule has 1 rings (SSSR count). The van der Waals surface area contributed by atoms with Crippen LogP contribution in [-0.4, -0.2) is 26.3 Å². The number of carbonyl (C=O) groups is 1. The molecular formula is C11H18O3. The third-order valence-electron chi connectivity index (χ3n) is 2.33. The predicted molar refractivity (Wildman–Crippen MR) is 53.9 cm³/mol. The lowest BCUT2D eigenvalue weighted by Gasteiger charge is -2.02. The lowest BCUT2D eigenvalue weighted by molar-refractivity contribution is -0.136.